The maximum atomic E-state index is 12.5. The van der Waals surface area contributed by atoms with Crippen LogP contribution in [0.1, 0.15) is 35.9 Å². The van der Waals surface area contributed by atoms with E-state index in [1.54, 1.807) is 6.92 Å². The van der Waals surface area contributed by atoms with Crippen molar-refractivity contribution >= 4 is 29.4 Å². The third-order valence-electron chi connectivity index (χ3n) is 4.38. The van der Waals surface area contributed by atoms with E-state index in [0.29, 0.717) is 12.3 Å². The largest absolute Gasteiger partial charge is 0.442 e. The summed E-state index contributed by atoms with van der Waals surface area (Å²) >= 11 is 0. The van der Waals surface area contributed by atoms with Crippen LogP contribution in [0.5, 0.6) is 0 Å². The van der Waals surface area contributed by atoms with Gasteiger partial charge in [-0.3, -0.25) is 9.59 Å². The van der Waals surface area contributed by atoms with Crippen molar-refractivity contribution in [1.82, 2.24) is 20.6 Å². The van der Waals surface area contributed by atoms with Crippen LogP contribution < -0.4 is 16.2 Å². The molecule has 0 bridgehead atoms. The summed E-state index contributed by atoms with van der Waals surface area (Å²) < 4.78 is 5.42. The van der Waals surface area contributed by atoms with Gasteiger partial charge in [0, 0.05) is 6.54 Å². The Morgan fingerprint density at radius 1 is 1.43 bits per heavy atom. The Kier molecular flexibility index (Phi) is 5.11. The summed E-state index contributed by atoms with van der Waals surface area (Å²) in [6, 6.07) is 0. The summed E-state index contributed by atoms with van der Waals surface area (Å²) in [5.41, 5.74) is 0.195. The van der Waals surface area contributed by atoms with E-state index >= 15 is 0 Å². The molecule has 23 heavy (non-hydrogen) atoms. The minimum atomic E-state index is -0.361. The van der Waals surface area contributed by atoms with E-state index in [2.05, 4.69) is 27.5 Å². The number of hydrogen-bond acceptors (Lipinski definition) is 5. The molecule has 3 N–H and O–H groups in total. The lowest BCUT2D eigenvalue weighted by Crippen LogP contribution is -2.43. The molecule has 7 nitrogen and oxygen atoms in total. The highest BCUT2D eigenvalue weighted by atomic mass is 35.5. The first-order chi connectivity index (χ1) is 10.5. The van der Waals surface area contributed by atoms with Gasteiger partial charge in [0.1, 0.15) is 11.1 Å². The highest BCUT2D eigenvalue weighted by Crippen LogP contribution is 2.27. The zero-order chi connectivity index (χ0) is 15.7. The molecule has 0 atom stereocenters. The van der Waals surface area contributed by atoms with Crippen LogP contribution in [-0.4, -0.2) is 35.5 Å². The standard InChI is InChI=1S/C15H20N4O3.ClH/c1-9-10(11-13(21)18-8-19-14(11)22-9)12(20)17-7-15(2)3-5-16-6-4-15;/h8,16H,3-7H2,1-2H3,(H,17,20)(H,18,19,21);1H. The number of nitrogens with zero attached hydrogens (tertiary/aromatic N) is 1. The van der Waals surface area contributed by atoms with Crippen LogP contribution >= 0.6 is 12.4 Å². The molecule has 1 fully saturated rings. The molecule has 3 heterocycles. The number of halogens is 1. The number of furan rings is 1. The van der Waals surface area contributed by atoms with Crippen molar-refractivity contribution in [3.8, 4) is 0 Å². The van der Waals surface area contributed by atoms with Gasteiger partial charge in [0.25, 0.3) is 11.5 Å². The zero-order valence-electron chi connectivity index (χ0n) is 13.2. The number of nitrogens with one attached hydrogen (secondary N) is 3. The maximum Gasteiger partial charge on any atom is 0.262 e. The average Bonchev–Trinajstić information content (AvgIpc) is 2.83. The quantitative estimate of drug-likeness (QED) is 0.783. The number of aryl methyl sites for hydroxylation is 1. The monoisotopic (exact) mass is 340 g/mol. The van der Waals surface area contributed by atoms with E-state index in [9.17, 15) is 9.59 Å². The molecule has 8 heteroatoms. The zero-order valence-corrected chi connectivity index (χ0v) is 14.0. The number of fused-ring (bicyclic) bond motifs is 1. The number of rotatable bonds is 3. The lowest BCUT2D eigenvalue weighted by molar-refractivity contribution is 0.0922. The van der Waals surface area contributed by atoms with Gasteiger partial charge in [-0.25, -0.2) is 4.98 Å². The van der Waals surface area contributed by atoms with E-state index in [4.69, 9.17) is 4.42 Å². The lowest BCUT2D eigenvalue weighted by Gasteiger charge is -2.34. The third kappa shape index (κ3) is 3.40. The molecular formula is C15H21ClN4O3. The summed E-state index contributed by atoms with van der Waals surface area (Å²) in [4.78, 5) is 30.9. The van der Waals surface area contributed by atoms with Gasteiger partial charge in [0.05, 0.1) is 11.9 Å². The van der Waals surface area contributed by atoms with E-state index < -0.39 is 0 Å². The molecule has 1 saturated heterocycles. The first-order valence-electron chi connectivity index (χ1n) is 7.46. The van der Waals surface area contributed by atoms with Gasteiger partial charge in [-0.1, -0.05) is 6.92 Å². The highest BCUT2D eigenvalue weighted by Gasteiger charge is 2.28. The molecule has 2 aromatic heterocycles. The fourth-order valence-corrected chi connectivity index (χ4v) is 2.92. The van der Waals surface area contributed by atoms with Crippen LogP contribution in [0.3, 0.4) is 0 Å². The molecule has 0 aliphatic carbocycles. The molecule has 0 spiro atoms. The number of carbonyl (C=O) groups is 1. The lowest BCUT2D eigenvalue weighted by atomic mass is 9.81. The molecule has 1 aliphatic heterocycles. The van der Waals surface area contributed by atoms with Crippen molar-refractivity contribution in [3.05, 3.63) is 28.0 Å². The maximum absolute atomic E-state index is 12.5. The number of piperidine rings is 1. The van der Waals surface area contributed by atoms with Crippen molar-refractivity contribution < 1.29 is 9.21 Å². The predicted molar refractivity (Wildman–Crippen MR) is 89.2 cm³/mol. The Hall–Kier alpha value is -1.86. The second kappa shape index (κ2) is 6.72. The third-order valence-corrected chi connectivity index (χ3v) is 4.38. The predicted octanol–water partition coefficient (Wildman–Crippen LogP) is 1.37. The van der Waals surface area contributed by atoms with E-state index in [1.165, 1.54) is 6.33 Å². The van der Waals surface area contributed by atoms with Gasteiger partial charge in [-0.05, 0) is 38.3 Å². The summed E-state index contributed by atoms with van der Waals surface area (Å²) in [6.07, 6.45) is 3.30. The molecule has 0 radical (unpaired) electrons. The van der Waals surface area contributed by atoms with Gasteiger partial charge in [0.15, 0.2) is 0 Å². The Labute approximate surface area is 139 Å². The highest BCUT2D eigenvalue weighted by molar-refractivity contribution is 6.06. The van der Waals surface area contributed by atoms with Crippen LogP contribution in [0.2, 0.25) is 0 Å². The smallest absolute Gasteiger partial charge is 0.262 e. The molecule has 1 amide bonds. The van der Waals surface area contributed by atoms with Crippen molar-refractivity contribution in [2.75, 3.05) is 19.6 Å². The number of amides is 1. The van der Waals surface area contributed by atoms with Gasteiger partial charge in [-0.15, -0.1) is 12.4 Å². The summed E-state index contributed by atoms with van der Waals surface area (Å²) in [5.74, 6) is 0.127. The Bertz CT molecular complexity index is 762. The minimum absolute atomic E-state index is 0. The first-order valence-corrected chi connectivity index (χ1v) is 7.46. The number of carbonyl (C=O) groups excluding carboxylic acids is 1. The normalized spacial score (nSPS) is 16.8. The van der Waals surface area contributed by atoms with Crippen molar-refractivity contribution in [1.29, 1.82) is 0 Å². The topological polar surface area (TPSA) is 100 Å². The SMILES string of the molecule is Cc1oc2nc[nH]c(=O)c2c1C(=O)NCC1(C)CCNCC1.Cl. The first kappa shape index (κ1) is 17.5. The minimum Gasteiger partial charge on any atom is -0.442 e. The molecule has 3 rings (SSSR count). The van der Waals surface area contributed by atoms with E-state index in [1.807, 2.05) is 0 Å². The van der Waals surface area contributed by atoms with E-state index in [0.717, 1.165) is 25.9 Å². The Balaban J connectivity index is 0.00000192. The number of hydrogen-bond donors (Lipinski definition) is 3. The van der Waals surface area contributed by atoms with Crippen molar-refractivity contribution in [3.63, 3.8) is 0 Å². The van der Waals surface area contributed by atoms with Gasteiger partial charge < -0.3 is 20.0 Å². The van der Waals surface area contributed by atoms with Crippen LogP contribution in [0.4, 0.5) is 0 Å². The van der Waals surface area contributed by atoms with Crippen LogP contribution in [-0.2, 0) is 0 Å². The fourth-order valence-electron chi connectivity index (χ4n) is 2.92. The van der Waals surface area contributed by atoms with Crippen LogP contribution in [0.15, 0.2) is 15.5 Å². The molecule has 0 unspecified atom stereocenters. The number of aromatic nitrogens is 2. The Morgan fingerprint density at radius 3 is 2.83 bits per heavy atom. The molecular weight excluding hydrogens is 320 g/mol. The van der Waals surface area contributed by atoms with Crippen LogP contribution in [0, 0.1) is 12.3 Å². The van der Waals surface area contributed by atoms with Gasteiger partial charge >= 0.3 is 0 Å². The summed E-state index contributed by atoms with van der Waals surface area (Å²) in [6.45, 7) is 6.34. The van der Waals surface area contributed by atoms with Gasteiger partial charge in [0.2, 0.25) is 5.71 Å². The fraction of sp³-hybridized carbons (Fsp3) is 0.533. The van der Waals surface area contributed by atoms with E-state index in [-0.39, 0.29) is 46.0 Å². The summed E-state index contributed by atoms with van der Waals surface area (Å²) in [5, 5.41) is 6.48. The van der Waals surface area contributed by atoms with Gasteiger partial charge in [-0.2, -0.15) is 0 Å². The second-order valence-electron chi connectivity index (χ2n) is 6.19. The average molecular weight is 341 g/mol. The van der Waals surface area contributed by atoms with Crippen LogP contribution in [0.25, 0.3) is 11.1 Å². The summed E-state index contributed by atoms with van der Waals surface area (Å²) in [7, 11) is 0. The Morgan fingerprint density at radius 2 is 2.13 bits per heavy atom. The molecule has 126 valence electrons. The molecule has 0 saturated carbocycles. The molecule has 0 aromatic carbocycles. The van der Waals surface area contributed by atoms with Crippen molar-refractivity contribution in [2.45, 2.75) is 26.7 Å². The number of aromatic amines is 1. The molecule has 2 aromatic rings. The second-order valence-corrected chi connectivity index (χ2v) is 6.19. The van der Waals surface area contributed by atoms with Crippen molar-refractivity contribution in [2.24, 2.45) is 5.41 Å². The number of H-pyrrole nitrogens is 1. The molecule has 1 aliphatic rings.